The summed E-state index contributed by atoms with van der Waals surface area (Å²) < 4.78 is 0. The lowest BCUT2D eigenvalue weighted by atomic mass is 10.1. The average molecular weight is 197 g/mol. The normalized spacial score (nSPS) is 12.4. The van der Waals surface area contributed by atoms with Crippen LogP contribution in [0.1, 0.15) is 26.2 Å². The molecule has 2 N–H and O–H groups in total. The van der Waals surface area contributed by atoms with Crippen LogP contribution in [-0.2, 0) is 4.79 Å². The van der Waals surface area contributed by atoms with E-state index in [1.807, 2.05) is 6.92 Å². The minimum atomic E-state index is -0.800. The Balaban J connectivity index is 4.16. The van der Waals surface area contributed by atoms with Crippen LogP contribution in [0.15, 0.2) is 25.3 Å². The molecule has 0 saturated carbocycles. The maximum atomic E-state index is 10.8. The van der Waals surface area contributed by atoms with E-state index < -0.39 is 12.0 Å². The van der Waals surface area contributed by atoms with Crippen molar-refractivity contribution in [3.63, 3.8) is 0 Å². The van der Waals surface area contributed by atoms with E-state index in [-0.39, 0.29) is 6.04 Å². The van der Waals surface area contributed by atoms with Crippen molar-refractivity contribution < 1.29 is 9.90 Å². The van der Waals surface area contributed by atoms with Gasteiger partial charge in [-0.05, 0) is 19.3 Å². The number of rotatable bonds is 8. The topological polar surface area (TPSA) is 49.3 Å². The Kier molecular flexibility index (Phi) is 6.76. The van der Waals surface area contributed by atoms with Gasteiger partial charge in [0.25, 0.3) is 0 Å². The van der Waals surface area contributed by atoms with Crippen molar-refractivity contribution in [2.75, 3.05) is 0 Å². The number of hydrogen-bond acceptors (Lipinski definition) is 2. The largest absolute Gasteiger partial charge is 0.480 e. The van der Waals surface area contributed by atoms with Gasteiger partial charge in [0.15, 0.2) is 0 Å². The van der Waals surface area contributed by atoms with Gasteiger partial charge in [0.1, 0.15) is 6.04 Å². The third kappa shape index (κ3) is 4.82. The second-order valence-corrected chi connectivity index (χ2v) is 3.21. The highest BCUT2D eigenvalue weighted by Gasteiger charge is 2.17. The van der Waals surface area contributed by atoms with E-state index in [9.17, 15) is 4.79 Å². The number of carbonyl (C=O) groups is 1. The monoisotopic (exact) mass is 197 g/mol. The number of nitrogens with one attached hydrogen (secondary N) is 1. The standard InChI is InChI=1S/C11H19NO2/c1-4-7-9(8-5-2)12-10(6-3)11(13)14/h4-5,9-10,12H,1-2,6-8H2,3H3,(H,13,14). The third-order valence-corrected chi connectivity index (χ3v) is 2.05. The van der Waals surface area contributed by atoms with Gasteiger partial charge in [0.2, 0.25) is 0 Å². The van der Waals surface area contributed by atoms with E-state index >= 15 is 0 Å². The smallest absolute Gasteiger partial charge is 0.320 e. The van der Waals surface area contributed by atoms with E-state index in [4.69, 9.17) is 5.11 Å². The molecule has 0 heterocycles. The molecule has 0 aliphatic carbocycles. The fourth-order valence-corrected chi connectivity index (χ4v) is 1.28. The lowest BCUT2D eigenvalue weighted by Crippen LogP contribution is -2.42. The second kappa shape index (κ2) is 7.33. The average Bonchev–Trinajstić information content (AvgIpc) is 2.14. The Labute approximate surface area is 85.5 Å². The first-order valence-corrected chi connectivity index (χ1v) is 4.86. The van der Waals surface area contributed by atoms with Gasteiger partial charge < -0.3 is 10.4 Å². The van der Waals surface area contributed by atoms with Crippen LogP contribution in [0, 0.1) is 0 Å². The van der Waals surface area contributed by atoms with Crippen LogP contribution in [0.3, 0.4) is 0 Å². The molecule has 0 aliphatic heterocycles. The maximum Gasteiger partial charge on any atom is 0.320 e. The molecule has 0 rings (SSSR count). The van der Waals surface area contributed by atoms with Gasteiger partial charge in [-0.2, -0.15) is 0 Å². The molecule has 0 aromatic heterocycles. The third-order valence-electron chi connectivity index (χ3n) is 2.05. The molecule has 3 nitrogen and oxygen atoms in total. The molecule has 0 amide bonds. The summed E-state index contributed by atoms with van der Waals surface area (Å²) in [5, 5.41) is 11.9. The van der Waals surface area contributed by atoms with E-state index in [1.165, 1.54) is 0 Å². The molecule has 1 unspecified atom stereocenters. The van der Waals surface area contributed by atoms with Crippen molar-refractivity contribution in [1.29, 1.82) is 0 Å². The van der Waals surface area contributed by atoms with E-state index in [2.05, 4.69) is 18.5 Å². The summed E-state index contributed by atoms with van der Waals surface area (Å²) in [6.45, 7) is 9.13. The molecule has 0 bridgehead atoms. The van der Waals surface area contributed by atoms with Gasteiger partial charge in [-0.25, -0.2) is 0 Å². The summed E-state index contributed by atoms with van der Waals surface area (Å²) in [6.07, 6.45) is 5.68. The predicted molar refractivity (Wildman–Crippen MR) is 58.3 cm³/mol. The Morgan fingerprint density at radius 2 is 1.93 bits per heavy atom. The summed E-state index contributed by atoms with van der Waals surface area (Å²) >= 11 is 0. The fraction of sp³-hybridized carbons (Fsp3) is 0.545. The Morgan fingerprint density at radius 3 is 2.21 bits per heavy atom. The van der Waals surface area contributed by atoms with Gasteiger partial charge in [-0.1, -0.05) is 19.1 Å². The highest BCUT2D eigenvalue weighted by Crippen LogP contribution is 2.03. The zero-order valence-electron chi connectivity index (χ0n) is 8.70. The number of carboxylic acids is 1. The molecule has 80 valence electrons. The van der Waals surface area contributed by atoms with Crippen LogP contribution >= 0.6 is 0 Å². The van der Waals surface area contributed by atoms with Crippen molar-refractivity contribution in [2.24, 2.45) is 0 Å². The van der Waals surface area contributed by atoms with Crippen molar-refractivity contribution in [3.8, 4) is 0 Å². The SMILES string of the molecule is C=CCC(CC=C)NC(CC)C(=O)O. The van der Waals surface area contributed by atoms with E-state index in [0.717, 1.165) is 12.8 Å². The molecule has 0 fully saturated rings. The van der Waals surface area contributed by atoms with Crippen molar-refractivity contribution in [3.05, 3.63) is 25.3 Å². The minimum absolute atomic E-state index is 0.131. The molecule has 0 radical (unpaired) electrons. The first-order chi connectivity index (χ1) is 6.65. The zero-order chi connectivity index (χ0) is 11.0. The van der Waals surface area contributed by atoms with Crippen molar-refractivity contribution in [1.82, 2.24) is 5.32 Å². The summed E-state index contributed by atoms with van der Waals surface area (Å²) in [4.78, 5) is 10.8. The van der Waals surface area contributed by atoms with Crippen molar-refractivity contribution in [2.45, 2.75) is 38.3 Å². The van der Waals surface area contributed by atoms with Crippen molar-refractivity contribution >= 4 is 5.97 Å². The molecule has 14 heavy (non-hydrogen) atoms. The highest BCUT2D eigenvalue weighted by molar-refractivity contribution is 5.73. The molecular formula is C11H19NO2. The molecule has 3 heteroatoms. The van der Waals surface area contributed by atoms with Crippen LogP contribution in [-0.4, -0.2) is 23.2 Å². The van der Waals surface area contributed by atoms with Crippen LogP contribution < -0.4 is 5.32 Å². The molecule has 0 saturated heterocycles. The Morgan fingerprint density at radius 1 is 1.43 bits per heavy atom. The first-order valence-electron chi connectivity index (χ1n) is 4.86. The second-order valence-electron chi connectivity index (χ2n) is 3.21. The van der Waals surface area contributed by atoms with E-state index in [0.29, 0.717) is 6.42 Å². The Hall–Kier alpha value is -1.09. The summed E-state index contributed by atoms with van der Waals surface area (Å²) in [5.74, 6) is -0.800. The molecular weight excluding hydrogens is 178 g/mol. The Bertz CT molecular complexity index is 191. The first kappa shape index (κ1) is 12.9. The van der Waals surface area contributed by atoms with Crippen LogP contribution in [0.5, 0.6) is 0 Å². The molecule has 0 aromatic carbocycles. The quantitative estimate of drug-likeness (QED) is 0.585. The van der Waals surface area contributed by atoms with Gasteiger partial charge in [0.05, 0.1) is 0 Å². The number of carboxylic acid groups (broad SMARTS) is 1. The van der Waals surface area contributed by atoms with Gasteiger partial charge in [-0.15, -0.1) is 13.2 Å². The lowest BCUT2D eigenvalue weighted by molar-refractivity contribution is -0.139. The van der Waals surface area contributed by atoms with E-state index in [1.54, 1.807) is 12.2 Å². The predicted octanol–water partition coefficient (Wildman–Crippen LogP) is 1.96. The number of aliphatic carboxylic acids is 1. The molecule has 1 atom stereocenters. The highest BCUT2D eigenvalue weighted by atomic mass is 16.4. The van der Waals surface area contributed by atoms with Crippen LogP contribution in [0.25, 0.3) is 0 Å². The summed E-state index contributed by atoms with van der Waals surface area (Å²) in [6, 6.07) is -0.342. The molecule has 0 aliphatic rings. The zero-order valence-corrected chi connectivity index (χ0v) is 8.70. The molecule has 0 spiro atoms. The summed E-state index contributed by atoms with van der Waals surface area (Å²) in [5.41, 5.74) is 0. The van der Waals surface area contributed by atoms with Crippen LogP contribution in [0.2, 0.25) is 0 Å². The van der Waals surface area contributed by atoms with Gasteiger partial charge >= 0.3 is 5.97 Å². The van der Waals surface area contributed by atoms with Gasteiger partial charge in [-0.3, -0.25) is 4.79 Å². The number of hydrogen-bond donors (Lipinski definition) is 2. The fourth-order valence-electron chi connectivity index (χ4n) is 1.28. The molecule has 0 aromatic rings. The van der Waals surface area contributed by atoms with Gasteiger partial charge in [0, 0.05) is 6.04 Å². The lowest BCUT2D eigenvalue weighted by Gasteiger charge is -2.20. The minimum Gasteiger partial charge on any atom is -0.480 e. The summed E-state index contributed by atoms with van der Waals surface area (Å²) in [7, 11) is 0. The maximum absolute atomic E-state index is 10.8. The van der Waals surface area contributed by atoms with Crippen LogP contribution in [0.4, 0.5) is 0 Å².